The first-order chi connectivity index (χ1) is 9.74. The fourth-order valence-corrected chi connectivity index (χ4v) is 2.29. The summed E-state index contributed by atoms with van der Waals surface area (Å²) in [4.78, 5) is 3.94. The summed E-state index contributed by atoms with van der Waals surface area (Å²) < 4.78 is 15.0. The van der Waals surface area contributed by atoms with Crippen LogP contribution in [0, 0.1) is 5.82 Å². The summed E-state index contributed by atoms with van der Waals surface area (Å²) >= 11 is 1.02. The average Bonchev–Trinajstić information content (AvgIpc) is 2.90. The average molecular weight is 289 g/mol. The molecule has 0 atom stereocenters. The van der Waals surface area contributed by atoms with Crippen molar-refractivity contribution in [3.8, 4) is 11.4 Å². The first-order valence-electron chi connectivity index (χ1n) is 5.60. The van der Waals surface area contributed by atoms with E-state index in [2.05, 4.69) is 20.5 Å². The number of tetrazole rings is 1. The van der Waals surface area contributed by atoms with Gasteiger partial charge in [-0.1, -0.05) is 0 Å². The fraction of sp³-hybridized carbons (Fsp3) is 0. The lowest BCUT2D eigenvalue weighted by Crippen LogP contribution is -1.99. The standard InChI is InChI=1S/C12H8FN5OS/c13-10-2-1-7-14-11(10)20-12-15-16-17-18(12)8-3-5-9(19)6-4-8/h1-7,19H. The van der Waals surface area contributed by atoms with Crippen molar-refractivity contribution in [2.45, 2.75) is 10.2 Å². The molecule has 0 aliphatic heterocycles. The van der Waals surface area contributed by atoms with Crippen molar-refractivity contribution in [3.05, 3.63) is 48.4 Å². The van der Waals surface area contributed by atoms with Gasteiger partial charge in [-0.2, -0.15) is 4.68 Å². The van der Waals surface area contributed by atoms with Crippen LogP contribution < -0.4 is 0 Å². The molecule has 1 N–H and O–H groups in total. The summed E-state index contributed by atoms with van der Waals surface area (Å²) in [5, 5.41) is 21.1. The molecule has 0 saturated heterocycles. The highest BCUT2D eigenvalue weighted by atomic mass is 32.2. The molecule has 0 spiro atoms. The predicted molar refractivity (Wildman–Crippen MR) is 69.1 cm³/mol. The second kappa shape index (κ2) is 5.25. The van der Waals surface area contributed by atoms with E-state index in [0.29, 0.717) is 10.8 Å². The SMILES string of the molecule is Oc1ccc(-n2nnnc2Sc2ncccc2F)cc1. The molecule has 0 aliphatic carbocycles. The van der Waals surface area contributed by atoms with Gasteiger partial charge in [0, 0.05) is 6.20 Å². The quantitative estimate of drug-likeness (QED) is 0.795. The lowest BCUT2D eigenvalue weighted by Gasteiger charge is -2.04. The number of aromatic hydroxyl groups is 1. The second-order valence-electron chi connectivity index (χ2n) is 3.78. The Hall–Kier alpha value is -2.48. The molecule has 6 nitrogen and oxygen atoms in total. The van der Waals surface area contributed by atoms with Crippen LogP contribution in [0.4, 0.5) is 4.39 Å². The van der Waals surface area contributed by atoms with E-state index in [1.165, 1.54) is 35.1 Å². The molecule has 0 bridgehead atoms. The minimum absolute atomic E-state index is 0.145. The molecule has 3 rings (SSSR count). The number of halogens is 1. The Balaban J connectivity index is 1.95. The molecule has 0 unspecified atom stereocenters. The third kappa shape index (κ3) is 2.45. The van der Waals surface area contributed by atoms with Crippen molar-refractivity contribution < 1.29 is 9.50 Å². The van der Waals surface area contributed by atoms with Crippen LogP contribution in [0.5, 0.6) is 5.75 Å². The van der Waals surface area contributed by atoms with Gasteiger partial charge in [0.2, 0.25) is 5.16 Å². The number of aromatic nitrogens is 5. The number of phenolic OH excluding ortho intramolecular Hbond substituents is 1. The molecule has 0 aliphatic rings. The van der Waals surface area contributed by atoms with Crippen LogP contribution >= 0.6 is 11.8 Å². The molecule has 3 aromatic rings. The third-order valence-electron chi connectivity index (χ3n) is 2.45. The first kappa shape index (κ1) is 12.5. The molecular formula is C12H8FN5OS. The van der Waals surface area contributed by atoms with Crippen LogP contribution in [0.25, 0.3) is 5.69 Å². The van der Waals surface area contributed by atoms with Gasteiger partial charge in [0.25, 0.3) is 0 Å². The smallest absolute Gasteiger partial charge is 0.220 e. The zero-order chi connectivity index (χ0) is 13.9. The van der Waals surface area contributed by atoms with Gasteiger partial charge in [0.15, 0.2) is 5.82 Å². The Bertz CT molecular complexity index is 731. The molecule has 1 aromatic carbocycles. The molecule has 100 valence electrons. The van der Waals surface area contributed by atoms with Crippen LogP contribution in [0.15, 0.2) is 52.8 Å². The molecule has 8 heteroatoms. The summed E-state index contributed by atoms with van der Waals surface area (Å²) in [5.74, 6) is -0.287. The van der Waals surface area contributed by atoms with Gasteiger partial charge >= 0.3 is 0 Å². The number of pyridine rings is 1. The lowest BCUT2D eigenvalue weighted by molar-refractivity contribution is 0.475. The Morgan fingerprint density at radius 3 is 2.70 bits per heavy atom. The molecule has 0 radical (unpaired) electrons. The molecule has 20 heavy (non-hydrogen) atoms. The Morgan fingerprint density at radius 1 is 1.15 bits per heavy atom. The van der Waals surface area contributed by atoms with Gasteiger partial charge in [-0.15, -0.1) is 5.10 Å². The number of benzene rings is 1. The van der Waals surface area contributed by atoms with Crippen molar-refractivity contribution >= 4 is 11.8 Å². The van der Waals surface area contributed by atoms with Crippen LogP contribution in [0.3, 0.4) is 0 Å². The normalized spacial score (nSPS) is 10.7. The van der Waals surface area contributed by atoms with Gasteiger partial charge in [-0.3, -0.25) is 0 Å². The number of nitrogens with zero attached hydrogens (tertiary/aromatic N) is 5. The van der Waals surface area contributed by atoms with Gasteiger partial charge in [-0.05, 0) is 58.6 Å². The van der Waals surface area contributed by atoms with Crippen molar-refractivity contribution in [1.82, 2.24) is 25.2 Å². The molecule has 0 saturated carbocycles. The molecule has 2 aromatic heterocycles. The van der Waals surface area contributed by atoms with Gasteiger partial charge in [-0.25, -0.2) is 9.37 Å². The van der Waals surface area contributed by atoms with Crippen molar-refractivity contribution in [2.75, 3.05) is 0 Å². The van der Waals surface area contributed by atoms with E-state index in [0.717, 1.165) is 11.8 Å². The topological polar surface area (TPSA) is 76.7 Å². The Labute approximate surface area is 117 Å². The summed E-state index contributed by atoms with van der Waals surface area (Å²) in [6.45, 7) is 0. The van der Waals surface area contributed by atoms with E-state index in [4.69, 9.17) is 0 Å². The highest BCUT2D eigenvalue weighted by molar-refractivity contribution is 7.99. The largest absolute Gasteiger partial charge is 0.508 e. The molecule has 2 heterocycles. The van der Waals surface area contributed by atoms with Gasteiger partial charge in [0.05, 0.1) is 5.69 Å². The highest BCUT2D eigenvalue weighted by Crippen LogP contribution is 2.27. The Kier molecular flexibility index (Phi) is 3.30. The van der Waals surface area contributed by atoms with Crippen molar-refractivity contribution in [2.24, 2.45) is 0 Å². The van der Waals surface area contributed by atoms with E-state index >= 15 is 0 Å². The number of hydrogen-bond donors (Lipinski definition) is 1. The van der Waals surface area contributed by atoms with Crippen LogP contribution in [-0.4, -0.2) is 30.3 Å². The summed E-state index contributed by atoms with van der Waals surface area (Å²) in [6, 6.07) is 9.20. The van der Waals surface area contributed by atoms with Crippen molar-refractivity contribution in [1.29, 1.82) is 0 Å². The Morgan fingerprint density at radius 2 is 1.95 bits per heavy atom. The first-order valence-corrected chi connectivity index (χ1v) is 6.42. The minimum atomic E-state index is -0.433. The number of hydrogen-bond acceptors (Lipinski definition) is 6. The maximum absolute atomic E-state index is 13.6. The van der Waals surface area contributed by atoms with Crippen LogP contribution in [-0.2, 0) is 0 Å². The van der Waals surface area contributed by atoms with E-state index in [1.807, 2.05) is 0 Å². The highest BCUT2D eigenvalue weighted by Gasteiger charge is 2.13. The second-order valence-corrected chi connectivity index (χ2v) is 4.74. The molecule has 0 fully saturated rings. The van der Waals surface area contributed by atoms with E-state index in [9.17, 15) is 9.50 Å². The maximum atomic E-state index is 13.6. The minimum Gasteiger partial charge on any atom is -0.508 e. The van der Waals surface area contributed by atoms with Gasteiger partial charge in [0.1, 0.15) is 10.8 Å². The monoisotopic (exact) mass is 289 g/mol. The zero-order valence-corrected chi connectivity index (χ0v) is 10.8. The zero-order valence-electron chi connectivity index (χ0n) is 10.0. The summed E-state index contributed by atoms with van der Waals surface area (Å²) in [5.41, 5.74) is 0.659. The number of rotatable bonds is 3. The molecule has 0 amide bonds. The van der Waals surface area contributed by atoms with E-state index in [-0.39, 0.29) is 10.8 Å². The third-order valence-corrected chi connectivity index (χ3v) is 3.38. The fourth-order valence-electron chi connectivity index (χ4n) is 1.53. The van der Waals surface area contributed by atoms with E-state index in [1.54, 1.807) is 12.1 Å². The molecular weight excluding hydrogens is 281 g/mol. The van der Waals surface area contributed by atoms with Crippen LogP contribution in [0.1, 0.15) is 0 Å². The van der Waals surface area contributed by atoms with E-state index < -0.39 is 5.82 Å². The lowest BCUT2D eigenvalue weighted by atomic mass is 10.3. The number of phenols is 1. The van der Waals surface area contributed by atoms with Crippen LogP contribution in [0.2, 0.25) is 0 Å². The summed E-state index contributed by atoms with van der Waals surface area (Å²) in [6.07, 6.45) is 1.50. The predicted octanol–water partition coefficient (Wildman–Crippen LogP) is 2.05. The van der Waals surface area contributed by atoms with Crippen molar-refractivity contribution in [3.63, 3.8) is 0 Å². The van der Waals surface area contributed by atoms with Gasteiger partial charge < -0.3 is 5.11 Å². The maximum Gasteiger partial charge on any atom is 0.220 e. The summed E-state index contributed by atoms with van der Waals surface area (Å²) in [7, 11) is 0.